The Morgan fingerprint density at radius 1 is 1.18 bits per heavy atom. The highest BCUT2D eigenvalue weighted by molar-refractivity contribution is 5.68. The zero-order valence-corrected chi connectivity index (χ0v) is 13.5. The summed E-state index contributed by atoms with van der Waals surface area (Å²) < 4.78 is 5.40. The number of nitrogens with zero attached hydrogens (tertiary/aromatic N) is 3. The summed E-state index contributed by atoms with van der Waals surface area (Å²) in [6, 6.07) is 7.68. The Bertz CT molecular complexity index is 547. The van der Waals surface area contributed by atoms with Crippen LogP contribution in [0, 0.1) is 6.57 Å². The van der Waals surface area contributed by atoms with Crippen molar-refractivity contribution in [2.75, 3.05) is 26.2 Å². The van der Waals surface area contributed by atoms with E-state index in [1.165, 1.54) is 5.56 Å². The fourth-order valence-electron chi connectivity index (χ4n) is 2.35. The Balaban J connectivity index is 1.82. The molecule has 0 spiro atoms. The monoisotopic (exact) mass is 301 g/mol. The summed E-state index contributed by atoms with van der Waals surface area (Å²) >= 11 is 0. The van der Waals surface area contributed by atoms with Gasteiger partial charge in [-0.05, 0) is 26.3 Å². The van der Waals surface area contributed by atoms with E-state index in [0.717, 1.165) is 19.6 Å². The molecule has 0 aliphatic carbocycles. The van der Waals surface area contributed by atoms with Crippen molar-refractivity contribution in [2.24, 2.45) is 0 Å². The molecule has 1 aromatic rings. The molecule has 0 bridgehead atoms. The maximum Gasteiger partial charge on any atom is 0.410 e. The van der Waals surface area contributed by atoms with Gasteiger partial charge in [0.2, 0.25) is 0 Å². The standard InChI is InChI=1S/C17H23N3O2/c1-17(2,3)22-16(21)20-11-9-19(10-12-20)13-14-5-7-15(18-4)8-6-14/h5-8H,9-13H2,1-3H3. The Morgan fingerprint density at radius 2 is 1.77 bits per heavy atom. The summed E-state index contributed by atoms with van der Waals surface area (Å²) in [5.74, 6) is 0. The van der Waals surface area contributed by atoms with Crippen LogP contribution in [0.3, 0.4) is 0 Å². The Morgan fingerprint density at radius 3 is 2.27 bits per heavy atom. The van der Waals surface area contributed by atoms with Crippen molar-refractivity contribution in [2.45, 2.75) is 32.9 Å². The van der Waals surface area contributed by atoms with Gasteiger partial charge in [-0.2, -0.15) is 0 Å². The van der Waals surface area contributed by atoms with Gasteiger partial charge in [0.15, 0.2) is 5.69 Å². The molecule has 0 unspecified atom stereocenters. The minimum absolute atomic E-state index is 0.228. The second kappa shape index (κ2) is 6.80. The molecule has 1 amide bonds. The Kier molecular flexibility index (Phi) is 5.04. The molecule has 0 N–H and O–H groups in total. The molecule has 2 rings (SSSR count). The van der Waals surface area contributed by atoms with Crippen molar-refractivity contribution in [3.05, 3.63) is 41.2 Å². The number of ether oxygens (including phenoxy) is 1. The van der Waals surface area contributed by atoms with Crippen molar-refractivity contribution in [1.82, 2.24) is 9.80 Å². The summed E-state index contributed by atoms with van der Waals surface area (Å²) in [7, 11) is 0. The Labute approximate surface area is 132 Å². The van der Waals surface area contributed by atoms with Crippen LogP contribution in [-0.2, 0) is 11.3 Å². The normalized spacial score (nSPS) is 16.2. The molecular formula is C17H23N3O2. The first-order valence-corrected chi connectivity index (χ1v) is 7.54. The third-order valence-electron chi connectivity index (χ3n) is 3.50. The average molecular weight is 301 g/mol. The van der Waals surface area contributed by atoms with Crippen molar-refractivity contribution in [3.8, 4) is 0 Å². The van der Waals surface area contributed by atoms with Crippen LogP contribution < -0.4 is 0 Å². The van der Waals surface area contributed by atoms with Crippen LogP contribution in [0.1, 0.15) is 26.3 Å². The van der Waals surface area contributed by atoms with Gasteiger partial charge >= 0.3 is 6.09 Å². The maximum absolute atomic E-state index is 12.0. The molecule has 1 saturated heterocycles. The third-order valence-corrected chi connectivity index (χ3v) is 3.50. The second-order valence-corrected chi connectivity index (χ2v) is 6.52. The number of hydrogen-bond donors (Lipinski definition) is 0. The minimum Gasteiger partial charge on any atom is -0.444 e. The molecule has 1 aliphatic rings. The molecule has 0 saturated carbocycles. The molecule has 1 heterocycles. The van der Waals surface area contributed by atoms with Crippen LogP contribution in [0.5, 0.6) is 0 Å². The molecule has 0 aromatic heterocycles. The molecule has 5 nitrogen and oxygen atoms in total. The van der Waals surface area contributed by atoms with Crippen LogP contribution in [0.4, 0.5) is 10.5 Å². The zero-order chi connectivity index (χ0) is 16.2. The number of amides is 1. The topological polar surface area (TPSA) is 37.1 Å². The van der Waals surface area contributed by atoms with Gasteiger partial charge in [-0.1, -0.05) is 24.3 Å². The van der Waals surface area contributed by atoms with Gasteiger partial charge in [0.1, 0.15) is 5.60 Å². The largest absolute Gasteiger partial charge is 0.444 e. The second-order valence-electron chi connectivity index (χ2n) is 6.52. The van der Waals surface area contributed by atoms with Crippen LogP contribution in [0.2, 0.25) is 0 Å². The summed E-state index contributed by atoms with van der Waals surface area (Å²) in [6.07, 6.45) is -0.228. The van der Waals surface area contributed by atoms with E-state index < -0.39 is 5.60 Å². The van der Waals surface area contributed by atoms with Gasteiger partial charge in [-0.15, -0.1) is 0 Å². The van der Waals surface area contributed by atoms with E-state index in [1.807, 2.05) is 45.0 Å². The first-order valence-electron chi connectivity index (χ1n) is 7.54. The SMILES string of the molecule is [C-]#[N+]c1ccc(CN2CCN(C(=O)OC(C)(C)C)CC2)cc1. The van der Waals surface area contributed by atoms with Crippen molar-refractivity contribution in [3.63, 3.8) is 0 Å². The molecule has 1 fully saturated rings. The lowest BCUT2D eigenvalue weighted by molar-refractivity contribution is 0.0139. The third kappa shape index (κ3) is 4.74. The highest BCUT2D eigenvalue weighted by Crippen LogP contribution is 2.16. The molecule has 1 aliphatic heterocycles. The van der Waals surface area contributed by atoms with Gasteiger partial charge in [0, 0.05) is 32.7 Å². The first-order chi connectivity index (χ1) is 10.4. The molecule has 1 aromatic carbocycles. The number of rotatable bonds is 2. The quantitative estimate of drug-likeness (QED) is 0.787. The lowest BCUT2D eigenvalue weighted by Gasteiger charge is -2.35. The van der Waals surface area contributed by atoms with E-state index in [9.17, 15) is 4.79 Å². The predicted molar refractivity (Wildman–Crippen MR) is 85.8 cm³/mol. The molecular weight excluding hydrogens is 278 g/mol. The maximum atomic E-state index is 12.0. The number of benzene rings is 1. The van der Waals surface area contributed by atoms with Gasteiger partial charge in [0.05, 0.1) is 6.57 Å². The van der Waals surface area contributed by atoms with E-state index in [0.29, 0.717) is 18.8 Å². The molecule has 0 radical (unpaired) electrons. The van der Waals surface area contributed by atoms with E-state index in [1.54, 1.807) is 4.90 Å². The fraction of sp³-hybridized carbons (Fsp3) is 0.529. The summed E-state index contributed by atoms with van der Waals surface area (Å²) in [6.45, 7) is 16.5. The van der Waals surface area contributed by atoms with Gasteiger partial charge < -0.3 is 9.64 Å². The van der Waals surface area contributed by atoms with Gasteiger partial charge in [0.25, 0.3) is 0 Å². The van der Waals surface area contributed by atoms with Crippen LogP contribution in [-0.4, -0.2) is 47.7 Å². The van der Waals surface area contributed by atoms with Gasteiger partial charge in [-0.25, -0.2) is 9.64 Å². The van der Waals surface area contributed by atoms with E-state index >= 15 is 0 Å². The highest BCUT2D eigenvalue weighted by atomic mass is 16.6. The number of carbonyl (C=O) groups excluding carboxylic acids is 1. The first kappa shape index (κ1) is 16.3. The Hall–Kier alpha value is -2.06. The lowest BCUT2D eigenvalue weighted by Crippen LogP contribution is -2.49. The van der Waals surface area contributed by atoms with Crippen LogP contribution in [0.15, 0.2) is 24.3 Å². The average Bonchev–Trinajstić information content (AvgIpc) is 2.47. The summed E-state index contributed by atoms with van der Waals surface area (Å²) in [5.41, 5.74) is 1.41. The van der Waals surface area contributed by atoms with E-state index in [2.05, 4.69) is 9.74 Å². The molecule has 5 heteroatoms. The number of hydrogen-bond acceptors (Lipinski definition) is 3. The van der Waals surface area contributed by atoms with Crippen molar-refractivity contribution < 1.29 is 9.53 Å². The summed E-state index contributed by atoms with van der Waals surface area (Å²) in [5, 5.41) is 0. The van der Waals surface area contributed by atoms with E-state index in [4.69, 9.17) is 11.3 Å². The molecule has 0 atom stereocenters. The van der Waals surface area contributed by atoms with Gasteiger partial charge in [-0.3, -0.25) is 4.90 Å². The summed E-state index contributed by atoms with van der Waals surface area (Å²) in [4.78, 5) is 19.5. The highest BCUT2D eigenvalue weighted by Gasteiger charge is 2.25. The smallest absolute Gasteiger partial charge is 0.410 e. The number of carbonyl (C=O) groups is 1. The van der Waals surface area contributed by atoms with E-state index in [-0.39, 0.29) is 6.09 Å². The van der Waals surface area contributed by atoms with Crippen LogP contribution >= 0.6 is 0 Å². The fourth-order valence-corrected chi connectivity index (χ4v) is 2.35. The zero-order valence-electron chi connectivity index (χ0n) is 13.5. The van der Waals surface area contributed by atoms with Crippen molar-refractivity contribution in [1.29, 1.82) is 0 Å². The molecule has 22 heavy (non-hydrogen) atoms. The van der Waals surface area contributed by atoms with Crippen LogP contribution in [0.25, 0.3) is 4.85 Å². The molecule has 118 valence electrons. The van der Waals surface area contributed by atoms with Crippen molar-refractivity contribution >= 4 is 11.8 Å². The lowest BCUT2D eigenvalue weighted by atomic mass is 10.2. The predicted octanol–water partition coefficient (Wildman–Crippen LogP) is 3.29. The minimum atomic E-state index is -0.446. The number of piperazine rings is 1.